The number of amides is 2. The van der Waals surface area contributed by atoms with Gasteiger partial charge in [-0.2, -0.15) is 0 Å². The number of hydrogen-bond donors (Lipinski definition) is 1. The van der Waals surface area contributed by atoms with E-state index in [2.05, 4.69) is 16.9 Å². The lowest BCUT2D eigenvalue weighted by molar-refractivity contribution is -0.160. The summed E-state index contributed by atoms with van der Waals surface area (Å²) in [6, 6.07) is 6.51. The number of aromatic nitrogens is 3. The summed E-state index contributed by atoms with van der Waals surface area (Å²) in [7, 11) is 0. The number of aliphatic hydroxyl groups is 1. The van der Waals surface area contributed by atoms with Gasteiger partial charge in [-0.25, -0.2) is 4.68 Å². The van der Waals surface area contributed by atoms with Gasteiger partial charge in [-0.1, -0.05) is 23.4 Å². The number of para-hydroxylation sites is 1. The topological polar surface area (TPSA) is 127 Å². The Morgan fingerprint density at radius 2 is 2.14 bits per heavy atom. The fourth-order valence-corrected chi connectivity index (χ4v) is 6.51. The molecule has 1 N–H and O–H groups in total. The van der Waals surface area contributed by atoms with Gasteiger partial charge in [-0.05, 0) is 45.2 Å². The van der Waals surface area contributed by atoms with Gasteiger partial charge in [0, 0.05) is 19.7 Å². The van der Waals surface area contributed by atoms with Crippen LogP contribution < -0.4 is 0 Å². The normalized spacial score (nSPS) is 30.1. The zero-order valence-corrected chi connectivity index (χ0v) is 21.2. The van der Waals surface area contributed by atoms with Crippen molar-refractivity contribution in [1.82, 2.24) is 24.8 Å². The minimum atomic E-state index is -1.15. The second-order valence-electron chi connectivity index (χ2n) is 10.2. The average Bonchev–Trinajstić information content (AvgIpc) is 3.58. The number of esters is 1. The SMILES string of the molecule is C=CCN(Cn1nnc2ccccc21)C(=O)C1N(CCCO)C(=O)[C@@H]2[C@@H](C(=O)OCC)[C@@]3(C)CCC12O3. The molecule has 2 amide bonds. The van der Waals surface area contributed by atoms with E-state index in [0.717, 1.165) is 5.52 Å². The number of benzene rings is 1. The predicted molar refractivity (Wildman–Crippen MR) is 132 cm³/mol. The van der Waals surface area contributed by atoms with Crippen molar-refractivity contribution in [2.45, 2.75) is 57.0 Å². The molecule has 1 aromatic heterocycles. The quantitative estimate of drug-likeness (QED) is 0.371. The first-order valence-corrected chi connectivity index (χ1v) is 12.8. The van der Waals surface area contributed by atoms with Gasteiger partial charge in [0.1, 0.15) is 29.7 Å². The third kappa shape index (κ3) is 3.83. The van der Waals surface area contributed by atoms with E-state index in [1.54, 1.807) is 22.6 Å². The maximum absolute atomic E-state index is 14.3. The molecule has 2 unspecified atom stereocenters. The third-order valence-electron chi connectivity index (χ3n) is 7.99. The molecule has 3 fully saturated rings. The lowest BCUT2D eigenvalue weighted by atomic mass is 9.66. The molecule has 5 atom stereocenters. The summed E-state index contributed by atoms with van der Waals surface area (Å²) in [5.74, 6) is -2.72. The van der Waals surface area contributed by atoms with Crippen molar-refractivity contribution in [2.24, 2.45) is 11.8 Å². The minimum Gasteiger partial charge on any atom is -0.466 e. The van der Waals surface area contributed by atoms with Gasteiger partial charge < -0.3 is 24.4 Å². The number of carbonyl (C=O) groups excluding carboxylic acids is 3. The molecule has 3 aliphatic rings. The summed E-state index contributed by atoms with van der Waals surface area (Å²) in [5, 5.41) is 17.9. The van der Waals surface area contributed by atoms with Crippen LogP contribution in [0.25, 0.3) is 11.0 Å². The Bertz CT molecular complexity index is 1230. The highest BCUT2D eigenvalue weighted by molar-refractivity contribution is 5.98. The molecule has 0 aliphatic carbocycles. The average molecular weight is 512 g/mol. The number of rotatable bonds is 10. The van der Waals surface area contributed by atoms with Gasteiger partial charge in [-0.15, -0.1) is 11.7 Å². The molecule has 2 aromatic rings. The van der Waals surface area contributed by atoms with Crippen molar-refractivity contribution in [1.29, 1.82) is 0 Å². The Labute approximate surface area is 215 Å². The molecule has 2 bridgehead atoms. The highest BCUT2D eigenvalue weighted by Crippen LogP contribution is 2.63. The van der Waals surface area contributed by atoms with Gasteiger partial charge in [0.25, 0.3) is 0 Å². The highest BCUT2D eigenvalue weighted by Gasteiger charge is 2.78. The molecule has 1 spiro atoms. The van der Waals surface area contributed by atoms with Gasteiger partial charge in [-0.3, -0.25) is 14.4 Å². The summed E-state index contributed by atoms with van der Waals surface area (Å²) in [6.45, 7) is 7.91. The summed E-state index contributed by atoms with van der Waals surface area (Å²) in [5.41, 5.74) is -0.567. The summed E-state index contributed by atoms with van der Waals surface area (Å²) in [4.78, 5) is 44.3. The number of carbonyl (C=O) groups is 3. The van der Waals surface area contributed by atoms with Crippen LogP contribution >= 0.6 is 0 Å². The van der Waals surface area contributed by atoms with Crippen molar-refractivity contribution in [3.05, 3.63) is 36.9 Å². The molecule has 3 aliphatic heterocycles. The van der Waals surface area contributed by atoms with E-state index in [-0.39, 0.29) is 44.8 Å². The van der Waals surface area contributed by atoms with Crippen LogP contribution in [0.4, 0.5) is 0 Å². The molecule has 0 radical (unpaired) electrons. The lowest BCUT2D eigenvalue weighted by Gasteiger charge is -2.36. The van der Waals surface area contributed by atoms with E-state index in [4.69, 9.17) is 9.47 Å². The van der Waals surface area contributed by atoms with Gasteiger partial charge in [0.2, 0.25) is 11.8 Å². The highest BCUT2D eigenvalue weighted by atomic mass is 16.6. The maximum Gasteiger partial charge on any atom is 0.312 e. The molecule has 4 heterocycles. The van der Waals surface area contributed by atoms with E-state index in [1.807, 2.05) is 31.2 Å². The lowest BCUT2D eigenvalue weighted by Crippen LogP contribution is -2.56. The Hall–Kier alpha value is -3.31. The van der Waals surface area contributed by atoms with Crippen LogP contribution in [0.15, 0.2) is 36.9 Å². The first-order chi connectivity index (χ1) is 17.8. The monoisotopic (exact) mass is 511 g/mol. The van der Waals surface area contributed by atoms with Crippen LogP contribution in [0.5, 0.6) is 0 Å². The van der Waals surface area contributed by atoms with E-state index < -0.39 is 35.0 Å². The van der Waals surface area contributed by atoms with Crippen LogP contribution in [0, 0.1) is 11.8 Å². The fraction of sp³-hybridized carbons (Fsp3) is 0.577. The van der Waals surface area contributed by atoms with Crippen LogP contribution in [0.3, 0.4) is 0 Å². The number of ether oxygens (including phenoxy) is 2. The smallest absolute Gasteiger partial charge is 0.312 e. The maximum atomic E-state index is 14.3. The van der Waals surface area contributed by atoms with Crippen molar-refractivity contribution in [3.8, 4) is 0 Å². The van der Waals surface area contributed by atoms with Crippen molar-refractivity contribution < 1.29 is 29.0 Å². The molecule has 0 saturated carbocycles. The van der Waals surface area contributed by atoms with E-state index >= 15 is 0 Å². The Morgan fingerprint density at radius 3 is 2.86 bits per heavy atom. The van der Waals surface area contributed by atoms with Crippen molar-refractivity contribution in [3.63, 3.8) is 0 Å². The summed E-state index contributed by atoms with van der Waals surface area (Å²) >= 11 is 0. The zero-order chi connectivity index (χ0) is 26.4. The van der Waals surface area contributed by atoms with E-state index in [9.17, 15) is 19.5 Å². The van der Waals surface area contributed by atoms with Crippen LogP contribution in [-0.4, -0.2) is 91.2 Å². The molecule has 37 heavy (non-hydrogen) atoms. The number of fused-ring (bicyclic) bond motifs is 2. The minimum absolute atomic E-state index is 0.100. The second kappa shape index (κ2) is 9.53. The summed E-state index contributed by atoms with van der Waals surface area (Å²) in [6.07, 6.45) is 2.93. The number of hydrogen-bond acceptors (Lipinski definition) is 8. The van der Waals surface area contributed by atoms with Crippen LogP contribution in [0.1, 0.15) is 33.1 Å². The molecule has 1 aromatic carbocycles. The number of aliphatic hydroxyl groups excluding tert-OH is 1. The predicted octanol–water partition coefficient (Wildman–Crippen LogP) is 1.11. The molecule has 198 valence electrons. The van der Waals surface area contributed by atoms with Crippen molar-refractivity contribution >= 4 is 28.8 Å². The Balaban J connectivity index is 1.53. The molecule has 3 saturated heterocycles. The molecule has 11 heteroatoms. The van der Waals surface area contributed by atoms with Gasteiger partial charge in [0.05, 0.1) is 23.6 Å². The van der Waals surface area contributed by atoms with E-state index in [0.29, 0.717) is 24.8 Å². The second-order valence-corrected chi connectivity index (χ2v) is 10.2. The van der Waals surface area contributed by atoms with Gasteiger partial charge in [0.15, 0.2) is 0 Å². The summed E-state index contributed by atoms with van der Waals surface area (Å²) < 4.78 is 13.6. The molecule has 11 nitrogen and oxygen atoms in total. The first kappa shape index (κ1) is 25.3. The number of likely N-dealkylation sites (tertiary alicyclic amines) is 1. The van der Waals surface area contributed by atoms with Crippen LogP contribution in [-0.2, 0) is 30.5 Å². The van der Waals surface area contributed by atoms with Gasteiger partial charge >= 0.3 is 5.97 Å². The zero-order valence-electron chi connectivity index (χ0n) is 21.2. The Kier molecular flexibility index (Phi) is 6.53. The van der Waals surface area contributed by atoms with E-state index in [1.165, 1.54) is 4.90 Å². The Morgan fingerprint density at radius 1 is 1.35 bits per heavy atom. The fourth-order valence-electron chi connectivity index (χ4n) is 6.51. The third-order valence-corrected chi connectivity index (χ3v) is 7.99. The van der Waals surface area contributed by atoms with Crippen molar-refractivity contribution in [2.75, 3.05) is 26.3 Å². The number of nitrogens with zero attached hydrogens (tertiary/aromatic N) is 5. The standard InChI is InChI=1S/C26H33N5O6/c1-4-13-29(16-31-18-10-7-6-9-17(18)27-28-31)23(34)21-26-12-11-25(3,37-26)20(24(35)36-5-2)19(26)22(33)30(21)14-8-15-32/h4,6-7,9-10,19-21,32H,1,5,8,11-16H2,2-3H3/t19-,20-,21?,25+,26?/m0/s1. The molecular weight excluding hydrogens is 478 g/mol. The largest absolute Gasteiger partial charge is 0.466 e. The molecule has 5 rings (SSSR count). The first-order valence-electron chi connectivity index (χ1n) is 12.8. The van der Waals surface area contributed by atoms with Crippen LogP contribution in [0.2, 0.25) is 0 Å². The molecular formula is C26H33N5O6.